The molecule has 6 nitrogen and oxygen atoms in total. The molecule has 2 aromatic carbocycles. The largest absolute Gasteiger partial charge is 0.378 e. The van der Waals surface area contributed by atoms with E-state index in [-0.39, 0.29) is 17.3 Å². The van der Waals surface area contributed by atoms with Gasteiger partial charge in [0.05, 0.1) is 16.7 Å². The molecule has 1 saturated carbocycles. The number of hydrogen-bond acceptors (Lipinski definition) is 4. The standard InChI is InChI=1S/C26H36N2O4S/c1-21(2)22-14-16-23(17-15-22)28(33(30,31)25-12-7-4-8-13-25)20-26(29)27-18-9-19-32-24-10-5-3-6-11-24/h4,7-8,12-17,21,24H,3,5-6,9-11,18-20H2,1-2H3,(H,27,29). The summed E-state index contributed by atoms with van der Waals surface area (Å²) in [5.74, 6) is -0.00235. The van der Waals surface area contributed by atoms with E-state index in [4.69, 9.17) is 4.74 Å². The Morgan fingerprint density at radius 2 is 1.70 bits per heavy atom. The van der Waals surface area contributed by atoms with E-state index in [2.05, 4.69) is 19.2 Å². The van der Waals surface area contributed by atoms with Crippen LogP contribution in [0.15, 0.2) is 59.5 Å². The Morgan fingerprint density at radius 1 is 1.03 bits per heavy atom. The molecule has 0 saturated heterocycles. The Hall–Kier alpha value is -2.38. The smallest absolute Gasteiger partial charge is 0.264 e. The van der Waals surface area contributed by atoms with Crippen molar-refractivity contribution in [2.45, 2.75) is 69.3 Å². The fourth-order valence-corrected chi connectivity index (χ4v) is 5.47. The van der Waals surface area contributed by atoms with Crippen LogP contribution in [-0.4, -0.2) is 40.1 Å². The predicted molar refractivity (Wildman–Crippen MR) is 132 cm³/mol. The predicted octanol–water partition coefficient (Wildman–Crippen LogP) is 4.86. The number of benzene rings is 2. The first-order valence-electron chi connectivity index (χ1n) is 11.9. The average molecular weight is 473 g/mol. The van der Waals surface area contributed by atoms with Crippen molar-refractivity contribution >= 4 is 21.6 Å². The number of carbonyl (C=O) groups excluding carboxylic acids is 1. The van der Waals surface area contributed by atoms with Gasteiger partial charge in [-0.2, -0.15) is 0 Å². The Kier molecular flexibility index (Phi) is 9.32. The molecule has 3 rings (SSSR count). The number of ether oxygens (including phenoxy) is 1. The van der Waals surface area contributed by atoms with E-state index in [0.29, 0.717) is 37.3 Å². The third-order valence-corrected chi connectivity index (χ3v) is 7.80. The summed E-state index contributed by atoms with van der Waals surface area (Å²) in [6.07, 6.45) is 7.03. The molecule has 0 aliphatic heterocycles. The Balaban J connectivity index is 1.63. The normalized spacial score (nSPS) is 14.9. The second-order valence-corrected chi connectivity index (χ2v) is 10.8. The van der Waals surface area contributed by atoms with Crippen LogP contribution in [0.25, 0.3) is 0 Å². The van der Waals surface area contributed by atoms with Crippen LogP contribution >= 0.6 is 0 Å². The Morgan fingerprint density at radius 3 is 2.33 bits per heavy atom. The second kappa shape index (κ2) is 12.2. The first kappa shape index (κ1) is 25.2. The fraction of sp³-hybridized carbons (Fsp3) is 0.500. The summed E-state index contributed by atoms with van der Waals surface area (Å²) in [4.78, 5) is 12.8. The molecule has 1 aliphatic rings. The molecule has 7 heteroatoms. The SMILES string of the molecule is CC(C)c1ccc(N(CC(=O)NCCCOC2CCCCC2)S(=O)(=O)c2ccccc2)cc1. The minimum absolute atomic E-state index is 0.159. The highest BCUT2D eigenvalue weighted by atomic mass is 32.2. The van der Waals surface area contributed by atoms with E-state index in [1.807, 2.05) is 12.1 Å². The molecule has 0 spiro atoms. The van der Waals surface area contributed by atoms with Crippen LogP contribution in [0.2, 0.25) is 0 Å². The molecule has 0 unspecified atom stereocenters. The van der Waals surface area contributed by atoms with Gasteiger partial charge >= 0.3 is 0 Å². The highest BCUT2D eigenvalue weighted by Gasteiger charge is 2.27. The summed E-state index contributed by atoms with van der Waals surface area (Å²) in [5, 5.41) is 2.85. The van der Waals surface area contributed by atoms with Gasteiger partial charge in [0.1, 0.15) is 6.54 Å². The van der Waals surface area contributed by atoms with E-state index in [9.17, 15) is 13.2 Å². The lowest BCUT2D eigenvalue weighted by molar-refractivity contribution is -0.119. The Labute approximate surface area is 198 Å². The van der Waals surface area contributed by atoms with E-state index in [0.717, 1.165) is 18.4 Å². The number of hydrogen-bond donors (Lipinski definition) is 1. The van der Waals surface area contributed by atoms with Crippen molar-refractivity contribution in [2.75, 3.05) is 24.0 Å². The van der Waals surface area contributed by atoms with Crippen LogP contribution in [0.3, 0.4) is 0 Å². The molecule has 0 bridgehead atoms. The summed E-state index contributed by atoms with van der Waals surface area (Å²) in [6.45, 7) is 4.95. The fourth-order valence-electron chi connectivity index (χ4n) is 4.03. The maximum atomic E-state index is 13.4. The molecular weight excluding hydrogens is 436 g/mol. The minimum atomic E-state index is -3.88. The van der Waals surface area contributed by atoms with Crippen molar-refractivity contribution in [1.82, 2.24) is 5.32 Å². The Bertz CT molecular complexity index is 969. The van der Waals surface area contributed by atoms with Gasteiger partial charge in [-0.3, -0.25) is 9.10 Å². The van der Waals surface area contributed by atoms with E-state index >= 15 is 0 Å². The molecule has 0 aromatic heterocycles. The maximum absolute atomic E-state index is 13.4. The van der Waals surface area contributed by atoms with Gasteiger partial charge in [0.15, 0.2) is 0 Å². The first-order chi connectivity index (χ1) is 15.9. The molecular formula is C26H36N2O4S. The maximum Gasteiger partial charge on any atom is 0.264 e. The van der Waals surface area contributed by atoms with Gasteiger partial charge < -0.3 is 10.1 Å². The molecule has 1 aliphatic carbocycles. The molecule has 0 heterocycles. The van der Waals surface area contributed by atoms with E-state index in [1.54, 1.807) is 42.5 Å². The number of amides is 1. The molecule has 1 amide bonds. The lowest BCUT2D eigenvalue weighted by Gasteiger charge is -2.25. The minimum Gasteiger partial charge on any atom is -0.378 e. The molecule has 180 valence electrons. The number of carbonyl (C=O) groups is 1. The van der Waals surface area contributed by atoms with Crippen molar-refractivity contribution in [1.29, 1.82) is 0 Å². The zero-order chi connectivity index (χ0) is 23.7. The van der Waals surface area contributed by atoms with Crippen molar-refractivity contribution in [2.24, 2.45) is 0 Å². The number of sulfonamides is 1. The van der Waals surface area contributed by atoms with E-state index < -0.39 is 10.0 Å². The van der Waals surface area contributed by atoms with Gasteiger partial charge in [0.25, 0.3) is 10.0 Å². The third kappa shape index (κ3) is 7.30. The summed E-state index contributed by atoms with van der Waals surface area (Å²) in [6, 6.07) is 15.6. The van der Waals surface area contributed by atoms with Crippen molar-refractivity contribution < 1.29 is 17.9 Å². The number of nitrogens with one attached hydrogen (secondary N) is 1. The van der Waals surface area contributed by atoms with E-state index in [1.165, 1.54) is 23.6 Å². The lowest BCUT2D eigenvalue weighted by Crippen LogP contribution is -2.41. The monoisotopic (exact) mass is 472 g/mol. The van der Waals surface area contributed by atoms with Crippen molar-refractivity contribution in [3.05, 3.63) is 60.2 Å². The second-order valence-electron chi connectivity index (χ2n) is 8.91. The third-order valence-electron chi connectivity index (χ3n) is 6.02. The molecule has 1 N–H and O–H groups in total. The van der Waals surface area contributed by atoms with Crippen LogP contribution in [0, 0.1) is 0 Å². The highest BCUT2D eigenvalue weighted by Crippen LogP contribution is 2.26. The first-order valence-corrected chi connectivity index (χ1v) is 13.4. The van der Waals surface area contributed by atoms with Crippen molar-refractivity contribution in [3.63, 3.8) is 0 Å². The van der Waals surface area contributed by atoms with Crippen LogP contribution < -0.4 is 9.62 Å². The van der Waals surface area contributed by atoms with Gasteiger partial charge in [-0.25, -0.2) is 8.42 Å². The number of anilines is 1. The number of nitrogens with zero attached hydrogens (tertiary/aromatic N) is 1. The topological polar surface area (TPSA) is 75.7 Å². The van der Waals surface area contributed by atoms with Crippen LogP contribution in [0.5, 0.6) is 0 Å². The van der Waals surface area contributed by atoms with Gasteiger partial charge in [-0.05, 0) is 55.0 Å². The molecule has 0 radical (unpaired) electrons. The molecule has 33 heavy (non-hydrogen) atoms. The van der Waals surface area contributed by atoms with Gasteiger partial charge in [0, 0.05) is 13.2 Å². The summed E-state index contributed by atoms with van der Waals surface area (Å²) < 4.78 is 33.8. The van der Waals surface area contributed by atoms with Crippen LogP contribution in [-0.2, 0) is 19.6 Å². The van der Waals surface area contributed by atoms with Gasteiger partial charge in [0.2, 0.25) is 5.91 Å². The molecule has 0 atom stereocenters. The zero-order valence-electron chi connectivity index (χ0n) is 19.7. The highest BCUT2D eigenvalue weighted by molar-refractivity contribution is 7.92. The zero-order valence-corrected chi connectivity index (χ0v) is 20.5. The summed E-state index contributed by atoms with van der Waals surface area (Å²) in [5.41, 5.74) is 1.58. The molecule has 2 aromatic rings. The summed E-state index contributed by atoms with van der Waals surface area (Å²) >= 11 is 0. The summed E-state index contributed by atoms with van der Waals surface area (Å²) in [7, 11) is -3.88. The van der Waals surface area contributed by atoms with Gasteiger partial charge in [-0.1, -0.05) is 63.4 Å². The van der Waals surface area contributed by atoms with Crippen molar-refractivity contribution in [3.8, 4) is 0 Å². The van der Waals surface area contributed by atoms with Crippen LogP contribution in [0.1, 0.15) is 63.9 Å². The number of rotatable bonds is 11. The molecule has 1 fully saturated rings. The average Bonchev–Trinajstić information content (AvgIpc) is 2.83. The van der Waals surface area contributed by atoms with Crippen LogP contribution in [0.4, 0.5) is 5.69 Å². The van der Waals surface area contributed by atoms with Gasteiger partial charge in [-0.15, -0.1) is 0 Å². The quantitative estimate of drug-likeness (QED) is 0.474. The lowest BCUT2D eigenvalue weighted by atomic mass is 9.98.